The molecular weight excluding hydrogens is 344 g/mol. The van der Waals surface area contributed by atoms with Crippen molar-refractivity contribution in [3.8, 4) is 5.75 Å². The molecule has 2 atom stereocenters. The maximum absolute atomic E-state index is 13.0. The van der Waals surface area contributed by atoms with E-state index in [0.29, 0.717) is 18.4 Å². The summed E-state index contributed by atoms with van der Waals surface area (Å²) in [6.07, 6.45) is 3.05. The van der Waals surface area contributed by atoms with Gasteiger partial charge in [0.25, 0.3) is 0 Å². The van der Waals surface area contributed by atoms with E-state index in [1.165, 1.54) is 12.8 Å². The van der Waals surface area contributed by atoms with Gasteiger partial charge in [-0.1, -0.05) is 0 Å². The Bertz CT molecular complexity index is 530. The number of rotatable bonds is 6. The second-order valence-electron chi connectivity index (χ2n) is 6.47. The van der Waals surface area contributed by atoms with E-state index in [1.54, 1.807) is 7.11 Å². The summed E-state index contributed by atoms with van der Waals surface area (Å²) < 4.78 is 5.23. The number of ether oxygens (including phenoxy) is 1. The smallest absolute Gasteiger partial charge is 0.228 e. The number of nitrogens with one attached hydrogen (secondary N) is 1. The molecule has 1 aromatic carbocycles. The van der Waals surface area contributed by atoms with Crippen molar-refractivity contribution in [1.29, 1.82) is 0 Å². The van der Waals surface area contributed by atoms with Gasteiger partial charge in [0.15, 0.2) is 0 Å². The average Bonchev–Trinajstić information content (AvgIpc) is 3.41. The first kappa shape index (κ1) is 19.4. The van der Waals surface area contributed by atoms with Crippen LogP contribution in [0.4, 0.5) is 5.69 Å². The predicted molar refractivity (Wildman–Crippen MR) is 104 cm³/mol. The zero-order valence-corrected chi connectivity index (χ0v) is 16.0. The van der Waals surface area contributed by atoms with Gasteiger partial charge >= 0.3 is 0 Å². The van der Waals surface area contributed by atoms with Gasteiger partial charge in [-0.05, 0) is 49.9 Å². The first-order valence-electron chi connectivity index (χ1n) is 8.46. The van der Waals surface area contributed by atoms with Gasteiger partial charge < -0.3 is 15.0 Å². The number of methoxy groups -OCH3 is 1. The number of hydrogen-bond donors (Lipinski definition) is 1. The van der Waals surface area contributed by atoms with Crippen LogP contribution in [0.15, 0.2) is 24.3 Å². The fourth-order valence-electron chi connectivity index (χ4n) is 3.20. The summed E-state index contributed by atoms with van der Waals surface area (Å²) in [5.74, 6) is 3.88. The summed E-state index contributed by atoms with van der Waals surface area (Å²) in [5, 5.41) is 3.47. The molecule has 0 aromatic heterocycles. The molecule has 1 saturated carbocycles. The summed E-state index contributed by atoms with van der Waals surface area (Å²) in [5.41, 5.74) is 0.985. The Morgan fingerprint density at radius 3 is 2.62 bits per heavy atom. The maximum Gasteiger partial charge on any atom is 0.228 e. The SMILES string of the molecule is COc1ccc(N(C(=O)CC2CSCCN2)C(C)C2CC2)cc1.Cl. The lowest BCUT2D eigenvalue weighted by atomic mass is 10.1. The third-order valence-electron chi connectivity index (χ3n) is 4.75. The number of halogens is 1. The van der Waals surface area contributed by atoms with Crippen LogP contribution in [-0.2, 0) is 4.79 Å². The van der Waals surface area contributed by atoms with Crippen LogP contribution >= 0.6 is 24.2 Å². The third-order valence-corrected chi connectivity index (χ3v) is 5.88. The summed E-state index contributed by atoms with van der Waals surface area (Å²) in [6, 6.07) is 8.44. The van der Waals surface area contributed by atoms with E-state index < -0.39 is 0 Å². The molecule has 2 aliphatic rings. The monoisotopic (exact) mass is 370 g/mol. The van der Waals surface area contributed by atoms with Crippen LogP contribution in [0.25, 0.3) is 0 Å². The molecule has 1 aliphatic carbocycles. The lowest BCUT2D eigenvalue weighted by molar-refractivity contribution is -0.119. The Morgan fingerprint density at radius 2 is 2.08 bits per heavy atom. The zero-order chi connectivity index (χ0) is 16.2. The highest BCUT2D eigenvalue weighted by Gasteiger charge is 2.35. The minimum atomic E-state index is 0. The summed E-state index contributed by atoms with van der Waals surface area (Å²) in [7, 11) is 1.66. The van der Waals surface area contributed by atoms with Crippen molar-refractivity contribution in [3.63, 3.8) is 0 Å². The van der Waals surface area contributed by atoms with Gasteiger partial charge in [0.1, 0.15) is 5.75 Å². The molecule has 6 heteroatoms. The Morgan fingerprint density at radius 1 is 1.38 bits per heavy atom. The van der Waals surface area contributed by atoms with E-state index in [0.717, 1.165) is 29.5 Å². The molecule has 0 spiro atoms. The Balaban J connectivity index is 0.00000208. The van der Waals surface area contributed by atoms with Crippen LogP contribution in [-0.4, -0.2) is 43.2 Å². The molecule has 4 nitrogen and oxygen atoms in total. The second kappa shape index (κ2) is 8.97. The molecule has 0 radical (unpaired) electrons. The van der Waals surface area contributed by atoms with Crippen LogP contribution in [0.5, 0.6) is 5.75 Å². The van der Waals surface area contributed by atoms with Gasteiger partial charge in [-0.25, -0.2) is 0 Å². The average molecular weight is 371 g/mol. The molecule has 1 heterocycles. The first-order chi connectivity index (χ1) is 11.2. The number of hydrogen-bond acceptors (Lipinski definition) is 4. The van der Waals surface area contributed by atoms with Crippen molar-refractivity contribution in [1.82, 2.24) is 5.32 Å². The van der Waals surface area contributed by atoms with Crippen molar-refractivity contribution in [3.05, 3.63) is 24.3 Å². The van der Waals surface area contributed by atoms with Gasteiger partial charge in [-0.3, -0.25) is 4.79 Å². The standard InChI is InChI=1S/C18H26N2O2S.ClH/c1-13(14-3-4-14)20(16-5-7-17(22-2)8-6-16)18(21)11-15-12-23-10-9-19-15;/h5-8,13-15,19H,3-4,9-12H2,1-2H3;1H. The van der Waals surface area contributed by atoms with Crippen molar-refractivity contribution in [2.24, 2.45) is 5.92 Å². The second-order valence-corrected chi connectivity index (χ2v) is 7.62. The van der Waals surface area contributed by atoms with Crippen LogP contribution in [0, 0.1) is 5.92 Å². The maximum atomic E-state index is 13.0. The van der Waals surface area contributed by atoms with Gasteiger partial charge in [-0.2, -0.15) is 11.8 Å². The number of thioether (sulfide) groups is 1. The van der Waals surface area contributed by atoms with Crippen LogP contribution in [0.1, 0.15) is 26.2 Å². The predicted octanol–water partition coefficient (Wildman–Crippen LogP) is 3.34. The van der Waals surface area contributed by atoms with Crippen LogP contribution in [0.2, 0.25) is 0 Å². The largest absolute Gasteiger partial charge is 0.497 e. The van der Waals surface area contributed by atoms with E-state index in [9.17, 15) is 4.79 Å². The normalized spacial score (nSPS) is 21.5. The summed E-state index contributed by atoms with van der Waals surface area (Å²) in [6.45, 7) is 3.19. The van der Waals surface area contributed by atoms with Crippen molar-refractivity contribution >= 4 is 35.8 Å². The minimum Gasteiger partial charge on any atom is -0.497 e. The molecule has 1 aromatic rings. The third kappa shape index (κ3) is 4.80. The molecule has 2 fully saturated rings. The van der Waals surface area contributed by atoms with Crippen LogP contribution in [0.3, 0.4) is 0 Å². The number of amides is 1. The lowest BCUT2D eigenvalue weighted by Crippen LogP contribution is -2.46. The van der Waals surface area contributed by atoms with E-state index in [2.05, 4.69) is 12.2 Å². The van der Waals surface area contributed by atoms with E-state index in [4.69, 9.17) is 4.74 Å². The molecule has 1 amide bonds. The number of carbonyl (C=O) groups excluding carboxylic acids is 1. The Labute approximate surface area is 155 Å². The van der Waals surface area contributed by atoms with Gasteiger partial charge in [0, 0.05) is 42.2 Å². The molecular formula is C18H27ClN2O2S. The fraction of sp³-hybridized carbons (Fsp3) is 0.611. The van der Waals surface area contributed by atoms with Gasteiger partial charge in [0.05, 0.1) is 7.11 Å². The first-order valence-corrected chi connectivity index (χ1v) is 9.61. The number of benzene rings is 1. The molecule has 2 unspecified atom stereocenters. The quantitative estimate of drug-likeness (QED) is 0.833. The number of nitrogens with zero attached hydrogens (tertiary/aromatic N) is 1. The highest BCUT2D eigenvalue weighted by atomic mass is 35.5. The van der Waals surface area contributed by atoms with E-state index in [-0.39, 0.29) is 24.4 Å². The molecule has 134 valence electrons. The van der Waals surface area contributed by atoms with E-state index in [1.807, 2.05) is 40.9 Å². The zero-order valence-electron chi connectivity index (χ0n) is 14.4. The molecule has 3 rings (SSSR count). The molecule has 1 aliphatic heterocycles. The van der Waals surface area contributed by atoms with Gasteiger partial charge in [0.2, 0.25) is 5.91 Å². The molecule has 1 saturated heterocycles. The van der Waals surface area contributed by atoms with Gasteiger partial charge in [-0.15, -0.1) is 12.4 Å². The van der Waals surface area contributed by atoms with Crippen molar-refractivity contribution < 1.29 is 9.53 Å². The summed E-state index contributed by atoms with van der Waals surface area (Å²) in [4.78, 5) is 15.0. The van der Waals surface area contributed by atoms with Crippen LogP contribution < -0.4 is 15.0 Å². The van der Waals surface area contributed by atoms with Crippen molar-refractivity contribution in [2.45, 2.75) is 38.3 Å². The Kier molecular flexibility index (Phi) is 7.26. The topological polar surface area (TPSA) is 41.6 Å². The highest BCUT2D eigenvalue weighted by Crippen LogP contribution is 2.37. The number of carbonyl (C=O) groups is 1. The molecule has 24 heavy (non-hydrogen) atoms. The molecule has 0 bridgehead atoms. The van der Waals surface area contributed by atoms with E-state index >= 15 is 0 Å². The minimum absolute atomic E-state index is 0. The fourth-order valence-corrected chi connectivity index (χ4v) is 4.15. The Hall–Kier alpha value is -0.910. The lowest BCUT2D eigenvalue weighted by Gasteiger charge is -2.32. The summed E-state index contributed by atoms with van der Waals surface area (Å²) >= 11 is 1.93. The van der Waals surface area contributed by atoms with Crippen molar-refractivity contribution in [2.75, 3.05) is 30.1 Å². The number of anilines is 1. The highest BCUT2D eigenvalue weighted by molar-refractivity contribution is 7.99. The molecule has 1 N–H and O–H groups in total.